The van der Waals surface area contributed by atoms with Crippen molar-refractivity contribution in [3.05, 3.63) is 71.1 Å². The highest BCUT2D eigenvalue weighted by Crippen LogP contribution is 2.29. The number of amides is 2. The van der Waals surface area contributed by atoms with Crippen LogP contribution in [0.3, 0.4) is 0 Å². The molecule has 2 amide bonds. The number of hydrogen-bond acceptors (Lipinski definition) is 5. The van der Waals surface area contributed by atoms with Gasteiger partial charge >= 0.3 is 6.18 Å². The maximum atomic E-state index is 13.0. The number of thioether (sulfide) groups is 1. The van der Waals surface area contributed by atoms with E-state index in [0.717, 1.165) is 23.8 Å². The average molecular weight is 480 g/mol. The van der Waals surface area contributed by atoms with Gasteiger partial charge in [0.1, 0.15) is 6.04 Å². The first kappa shape index (κ1) is 23.8. The minimum absolute atomic E-state index is 0.164. The fourth-order valence-electron chi connectivity index (χ4n) is 2.85. The lowest BCUT2D eigenvalue weighted by molar-refractivity contribution is -0.137. The predicted molar refractivity (Wildman–Crippen MR) is 122 cm³/mol. The normalized spacial score (nSPS) is 12.2. The molecule has 0 unspecified atom stereocenters. The highest BCUT2D eigenvalue weighted by molar-refractivity contribution is 7.98. The van der Waals surface area contributed by atoms with E-state index in [1.54, 1.807) is 0 Å². The predicted octanol–water partition coefficient (Wildman–Crippen LogP) is 5.32. The Balaban J connectivity index is 1.71. The van der Waals surface area contributed by atoms with Crippen LogP contribution in [0.4, 0.5) is 18.3 Å². The maximum absolute atomic E-state index is 13.0. The number of aromatic nitrogens is 1. The van der Waals surface area contributed by atoms with E-state index in [4.69, 9.17) is 0 Å². The first-order valence-electron chi connectivity index (χ1n) is 9.57. The third kappa shape index (κ3) is 6.33. The summed E-state index contributed by atoms with van der Waals surface area (Å²) >= 11 is 2.74. The van der Waals surface area contributed by atoms with E-state index >= 15 is 0 Å². The van der Waals surface area contributed by atoms with Crippen LogP contribution in [-0.2, 0) is 11.0 Å². The van der Waals surface area contributed by atoms with E-state index in [9.17, 15) is 22.8 Å². The van der Waals surface area contributed by atoms with E-state index in [2.05, 4.69) is 15.6 Å². The number of nitrogens with zero attached hydrogens (tertiary/aromatic N) is 1. The molecule has 5 nitrogen and oxygen atoms in total. The summed E-state index contributed by atoms with van der Waals surface area (Å²) in [5.41, 5.74) is 0.523. The Labute approximate surface area is 191 Å². The lowest BCUT2D eigenvalue weighted by atomic mass is 10.1. The number of thiazole rings is 1. The SMILES string of the molecule is CSCC[C@H](NC(=O)c1cccc(C(F)(F)F)c1)C(=O)Nc1nc(-c2ccccc2)cs1. The van der Waals surface area contributed by atoms with Crippen LogP contribution in [0, 0.1) is 0 Å². The molecule has 2 aromatic carbocycles. The molecule has 0 saturated carbocycles. The number of carbonyl (C=O) groups is 2. The van der Waals surface area contributed by atoms with Crippen LogP contribution in [0.1, 0.15) is 22.3 Å². The van der Waals surface area contributed by atoms with Crippen molar-refractivity contribution in [2.24, 2.45) is 0 Å². The van der Waals surface area contributed by atoms with Gasteiger partial charge in [-0.3, -0.25) is 9.59 Å². The molecule has 0 spiro atoms. The summed E-state index contributed by atoms with van der Waals surface area (Å²) in [5, 5.41) is 7.43. The van der Waals surface area contributed by atoms with Gasteiger partial charge in [-0.2, -0.15) is 24.9 Å². The molecule has 1 aromatic heterocycles. The lowest BCUT2D eigenvalue weighted by Gasteiger charge is -2.18. The Morgan fingerprint density at radius 2 is 1.88 bits per heavy atom. The Hall–Kier alpha value is -2.85. The van der Waals surface area contributed by atoms with Crippen LogP contribution >= 0.6 is 23.1 Å². The molecule has 0 radical (unpaired) electrons. The number of nitrogens with one attached hydrogen (secondary N) is 2. The second kappa shape index (κ2) is 10.6. The number of alkyl halides is 3. The van der Waals surface area contributed by atoms with Crippen molar-refractivity contribution in [3.63, 3.8) is 0 Å². The smallest absolute Gasteiger partial charge is 0.340 e. The van der Waals surface area contributed by atoms with Crippen molar-refractivity contribution in [1.29, 1.82) is 0 Å². The Bertz CT molecular complexity index is 1070. The van der Waals surface area contributed by atoms with Gasteiger partial charge in [0.15, 0.2) is 5.13 Å². The standard InChI is InChI=1S/C22H20F3N3O2S2/c1-31-11-10-17(26-19(29)15-8-5-9-16(12-15)22(23,24)25)20(30)28-21-27-18(13-32-21)14-6-3-2-4-7-14/h2-9,12-13,17H,10-11H2,1H3,(H,26,29)(H,27,28,30)/t17-/m0/s1. The molecule has 3 aromatic rings. The Morgan fingerprint density at radius 3 is 2.56 bits per heavy atom. The van der Waals surface area contributed by atoms with Gasteiger partial charge in [0.2, 0.25) is 5.91 Å². The Kier molecular flexibility index (Phi) is 7.92. The van der Waals surface area contributed by atoms with E-state index in [1.165, 1.54) is 29.2 Å². The van der Waals surface area contributed by atoms with Crippen LogP contribution in [0.2, 0.25) is 0 Å². The summed E-state index contributed by atoms with van der Waals surface area (Å²) in [4.78, 5) is 29.8. The number of carbonyl (C=O) groups excluding carboxylic acids is 2. The summed E-state index contributed by atoms with van der Waals surface area (Å²) < 4.78 is 38.9. The molecule has 0 saturated heterocycles. The molecule has 0 aliphatic heterocycles. The molecule has 1 atom stereocenters. The van der Waals surface area contributed by atoms with Crippen LogP contribution in [0.25, 0.3) is 11.3 Å². The highest BCUT2D eigenvalue weighted by Gasteiger charge is 2.31. The van der Waals surface area contributed by atoms with E-state index in [-0.39, 0.29) is 5.56 Å². The monoisotopic (exact) mass is 479 g/mol. The minimum Gasteiger partial charge on any atom is -0.340 e. The van der Waals surface area contributed by atoms with E-state index < -0.39 is 29.6 Å². The molecular weight excluding hydrogens is 459 g/mol. The zero-order valence-electron chi connectivity index (χ0n) is 17.0. The second-order valence-electron chi connectivity index (χ2n) is 6.78. The number of benzene rings is 2. The van der Waals surface area contributed by atoms with Gasteiger partial charge in [0.05, 0.1) is 11.3 Å². The average Bonchev–Trinajstić information content (AvgIpc) is 3.25. The highest BCUT2D eigenvalue weighted by atomic mass is 32.2. The van der Waals surface area contributed by atoms with Crippen molar-refractivity contribution in [2.75, 3.05) is 17.3 Å². The third-order valence-corrected chi connectivity index (χ3v) is 5.89. The Morgan fingerprint density at radius 1 is 1.12 bits per heavy atom. The molecule has 0 fully saturated rings. The molecule has 168 valence electrons. The first-order valence-corrected chi connectivity index (χ1v) is 11.8. The number of hydrogen-bond donors (Lipinski definition) is 2. The van der Waals surface area contributed by atoms with Crippen molar-refractivity contribution in [3.8, 4) is 11.3 Å². The van der Waals surface area contributed by atoms with Crippen molar-refractivity contribution >= 4 is 40.0 Å². The van der Waals surface area contributed by atoms with Crippen LogP contribution in [0.15, 0.2) is 60.0 Å². The van der Waals surface area contributed by atoms with Crippen molar-refractivity contribution < 1.29 is 22.8 Å². The molecule has 0 bridgehead atoms. The molecule has 32 heavy (non-hydrogen) atoms. The lowest BCUT2D eigenvalue weighted by Crippen LogP contribution is -2.44. The zero-order valence-corrected chi connectivity index (χ0v) is 18.6. The largest absolute Gasteiger partial charge is 0.416 e. The van der Waals surface area contributed by atoms with Gasteiger partial charge in [0, 0.05) is 16.5 Å². The number of halogens is 3. The van der Waals surface area contributed by atoms with Gasteiger partial charge in [-0.25, -0.2) is 4.98 Å². The van der Waals surface area contributed by atoms with Crippen molar-refractivity contribution in [1.82, 2.24) is 10.3 Å². The molecule has 2 N–H and O–H groups in total. The summed E-state index contributed by atoms with van der Waals surface area (Å²) in [6.07, 6.45) is -2.39. The van der Waals surface area contributed by atoms with E-state index in [0.29, 0.717) is 23.0 Å². The number of rotatable bonds is 8. The molecule has 1 heterocycles. The molecule has 10 heteroatoms. The van der Waals surface area contributed by atoms with Gasteiger partial charge in [0.25, 0.3) is 5.91 Å². The van der Waals surface area contributed by atoms with Gasteiger partial charge < -0.3 is 10.6 Å². The molecule has 0 aliphatic rings. The summed E-state index contributed by atoms with van der Waals surface area (Å²) in [5.74, 6) is -0.650. The van der Waals surface area contributed by atoms with Crippen LogP contribution < -0.4 is 10.6 Å². The molecule has 0 aliphatic carbocycles. The zero-order chi connectivity index (χ0) is 23.1. The van der Waals surface area contributed by atoms with E-state index in [1.807, 2.05) is 42.0 Å². The fourth-order valence-corrected chi connectivity index (χ4v) is 4.04. The quantitative estimate of drug-likeness (QED) is 0.459. The second-order valence-corrected chi connectivity index (χ2v) is 8.62. The van der Waals surface area contributed by atoms with Crippen LogP contribution in [0.5, 0.6) is 0 Å². The number of anilines is 1. The van der Waals surface area contributed by atoms with Gasteiger partial charge in [-0.05, 0) is 36.6 Å². The molecular formula is C22H20F3N3O2S2. The summed E-state index contributed by atoms with van der Waals surface area (Å²) in [7, 11) is 0. The fraction of sp³-hybridized carbons (Fsp3) is 0.227. The minimum atomic E-state index is -4.56. The van der Waals surface area contributed by atoms with Crippen LogP contribution in [-0.4, -0.2) is 34.8 Å². The van der Waals surface area contributed by atoms with Crippen molar-refractivity contribution in [2.45, 2.75) is 18.6 Å². The maximum Gasteiger partial charge on any atom is 0.416 e. The summed E-state index contributed by atoms with van der Waals surface area (Å²) in [6, 6.07) is 12.6. The van der Waals surface area contributed by atoms with Gasteiger partial charge in [-0.15, -0.1) is 11.3 Å². The summed E-state index contributed by atoms with van der Waals surface area (Å²) in [6.45, 7) is 0. The van der Waals surface area contributed by atoms with Gasteiger partial charge in [-0.1, -0.05) is 36.4 Å². The third-order valence-electron chi connectivity index (χ3n) is 4.49. The molecule has 3 rings (SSSR count). The first-order chi connectivity index (χ1) is 15.3. The topological polar surface area (TPSA) is 71.1 Å².